The smallest absolute Gasteiger partial charge is 0.335 e. The first-order valence-corrected chi connectivity index (χ1v) is 13.2. The van der Waals surface area contributed by atoms with E-state index in [2.05, 4.69) is 6.92 Å². The lowest BCUT2D eigenvalue weighted by Gasteiger charge is -2.65. The third-order valence-electron chi connectivity index (χ3n) is 10.5. The Balaban J connectivity index is 1.51. The van der Waals surface area contributed by atoms with Crippen LogP contribution in [-0.2, 0) is 23.9 Å². The van der Waals surface area contributed by atoms with E-state index < -0.39 is 51.8 Å². The van der Waals surface area contributed by atoms with Crippen LogP contribution in [0.25, 0.3) is 0 Å². The molecule has 9 nitrogen and oxygen atoms in total. The average Bonchev–Trinajstić information content (AvgIpc) is 3.10. The van der Waals surface area contributed by atoms with Crippen LogP contribution >= 0.6 is 0 Å². The maximum Gasteiger partial charge on any atom is 0.335 e. The van der Waals surface area contributed by atoms with Crippen molar-refractivity contribution in [3.05, 3.63) is 34.4 Å². The molecule has 0 bridgehead atoms. The molecule has 2 N–H and O–H groups in total. The highest BCUT2D eigenvalue weighted by Gasteiger charge is 2.72. The zero-order valence-corrected chi connectivity index (χ0v) is 21.6. The lowest BCUT2D eigenvalue weighted by molar-refractivity contribution is -0.263. The van der Waals surface area contributed by atoms with Gasteiger partial charge in [-0.2, -0.15) is 0 Å². The van der Waals surface area contributed by atoms with Gasteiger partial charge in [0.15, 0.2) is 0 Å². The monoisotopic (exact) mass is 516 g/mol. The first-order chi connectivity index (χ1) is 17.4. The number of ether oxygens (including phenoxy) is 2. The van der Waals surface area contributed by atoms with Crippen LogP contribution < -0.4 is 5.63 Å². The van der Waals surface area contributed by atoms with Gasteiger partial charge in [0.2, 0.25) is 0 Å². The van der Waals surface area contributed by atoms with Crippen molar-refractivity contribution in [2.75, 3.05) is 0 Å². The van der Waals surface area contributed by atoms with Crippen LogP contribution in [0, 0.1) is 22.7 Å². The highest BCUT2D eigenvalue weighted by atomic mass is 16.6. The Labute approximate surface area is 215 Å². The molecule has 4 aliphatic carbocycles. The van der Waals surface area contributed by atoms with Crippen molar-refractivity contribution in [3.8, 4) is 0 Å². The molecule has 5 rings (SSSR count). The number of hydrogen-bond donors (Lipinski definition) is 2. The number of fused-ring (bicyclic) bond motifs is 5. The number of hydrogen-bond acceptors (Lipinski definition) is 9. The summed E-state index contributed by atoms with van der Waals surface area (Å²) in [6.07, 6.45) is 3.86. The van der Waals surface area contributed by atoms with Gasteiger partial charge in [-0.3, -0.25) is 9.59 Å². The fraction of sp³-hybridized carbons (Fsp3) is 0.714. The topological polar surface area (TPSA) is 140 Å². The molecule has 1 aromatic rings. The lowest BCUT2D eigenvalue weighted by atomic mass is 9.41. The Morgan fingerprint density at radius 2 is 1.62 bits per heavy atom. The van der Waals surface area contributed by atoms with Gasteiger partial charge in [0.1, 0.15) is 18.5 Å². The fourth-order valence-corrected chi connectivity index (χ4v) is 8.86. The van der Waals surface area contributed by atoms with Crippen molar-refractivity contribution in [3.63, 3.8) is 0 Å². The average molecular weight is 517 g/mol. The van der Waals surface area contributed by atoms with Gasteiger partial charge in [0.25, 0.3) is 0 Å². The lowest BCUT2D eigenvalue weighted by Crippen LogP contribution is -2.70. The summed E-state index contributed by atoms with van der Waals surface area (Å²) < 4.78 is 16.1. The molecule has 1 heterocycles. The molecule has 0 unspecified atom stereocenters. The maximum atomic E-state index is 13.0. The molecular formula is C28H36O9. The minimum absolute atomic E-state index is 0.00610. The van der Waals surface area contributed by atoms with Crippen LogP contribution in [-0.4, -0.2) is 51.8 Å². The van der Waals surface area contributed by atoms with E-state index >= 15 is 0 Å². The van der Waals surface area contributed by atoms with E-state index in [4.69, 9.17) is 13.9 Å². The van der Waals surface area contributed by atoms with Crippen LogP contribution in [0.5, 0.6) is 0 Å². The van der Waals surface area contributed by atoms with Gasteiger partial charge in [-0.25, -0.2) is 4.79 Å². The molecule has 4 saturated carbocycles. The van der Waals surface area contributed by atoms with E-state index in [0.717, 1.165) is 11.8 Å². The molecule has 0 radical (unpaired) electrons. The third kappa shape index (κ3) is 3.72. The van der Waals surface area contributed by atoms with Crippen molar-refractivity contribution in [2.45, 2.75) is 101 Å². The Bertz CT molecular complexity index is 1140. The Morgan fingerprint density at radius 1 is 0.973 bits per heavy atom. The molecule has 0 aliphatic heterocycles. The summed E-state index contributed by atoms with van der Waals surface area (Å²) in [5, 5.41) is 24.3. The fourth-order valence-electron chi connectivity index (χ4n) is 8.86. The number of carbonyl (C=O) groups is 3. The summed E-state index contributed by atoms with van der Waals surface area (Å²) in [5.41, 5.74) is -3.82. The number of rotatable bonds is 4. The van der Waals surface area contributed by atoms with Gasteiger partial charge in [0, 0.05) is 38.2 Å². The molecule has 0 saturated heterocycles. The van der Waals surface area contributed by atoms with E-state index in [-0.39, 0.29) is 37.0 Å². The summed E-state index contributed by atoms with van der Waals surface area (Å²) >= 11 is 0. The number of aliphatic hydroxyl groups is 2. The first kappa shape index (κ1) is 26.1. The molecule has 0 spiro atoms. The second-order valence-electron chi connectivity index (χ2n) is 12.0. The third-order valence-corrected chi connectivity index (χ3v) is 10.5. The highest BCUT2D eigenvalue weighted by Crippen LogP contribution is 2.71. The van der Waals surface area contributed by atoms with Crippen LogP contribution in [0.15, 0.2) is 27.6 Å². The second-order valence-corrected chi connectivity index (χ2v) is 12.0. The first-order valence-electron chi connectivity index (χ1n) is 13.2. The second kappa shape index (κ2) is 8.76. The number of aldehydes is 1. The molecule has 4 aliphatic rings. The normalized spacial score (nSPS) is 44.6. The van der Waals surface area contributed by atoms with E-state index in [1.807, 2.05) is 0 Å². The Kier molecular flexibility index (Phi) is 6.18. The van der Waals surface area contributed by atoms with E-state index in [1.165, 1.54) is 26.2 Å². The zero-order valence-electron chi connectivity index (χ0n) is 21.6. The van der Waals surface area contributed by atoms with Gasteiger partial charge in [-0.1, -0.05) is 6.92 Å². The Morgan fingerprint density at radius 3 is 2.22 bits per heavy atom. The summed E-state index contributed by atoms with van der Waals surface area (Å²) in [6, 6.07) is 3.17. The van der Waals surface area contributed by atoms with Gasteiger partial charge in [0.05, 0.1) is 22.9 Å². The van der Waals surface area contributed by atoms with Crippen molar-refractivity contribution in [1.82, 2.24) is 0 Å². The SMILES string of the molecule is CC(=O)O[C@H]1C[C@]2(C=O)[C@H]3CC[C@]4(C)[C@@H](c5ccc(=O)oc5)CC[C@]4(O)[C@@H]3CC[C@]2(O)C[C@H]1OC(C)=O. The van der Waals surface area contributed by atoms with Gasteiger partial charge < -0.3 is 28.9 Å². The van der Waals surface area contributed by atoms with Crippen molar-refractivity contribution in [1.29, 1.82) is 0 Å². The van der Waals surface area contributed by atoms with Gasteiger partial charge >= 0.3 is 17.6 Å². The Hall–Kier alpha value is -2.52. The number of esters is 2. The quantitative estimate of drug-likeness (QED) is 0.456. The van der Waals surface area contributed by atoms with E-state index in [0.29, 0.717) is 32.1 Å². The minimum atomic E-state index is -1.45. The van der Waals surface area contributed by atoms with Gasteiger partial charge in [-0.05, 0) is 67.9 Å². The molecule has 0 amide bonds. The largest absolute Gasteiger partial charge is 0.459 e. The molecule has 9 heteroatoms. The molecule has 202 valence electrons. The van der Waals surface area contributed by atoms with Crippen LogP contribution in [0.4, 0.5) is 0 Å². The number of carbonyl (C=O) groups excluding carboxylic acids is 3. The van der Waals surface area contributed by atoms with Crippen molar-refractivity contribution >= 4 is 18.2 Å². The van der Waals surface area contributed by atoms with Crippen LogP contribution in [0.3, 0.4) is 0 Å². The molecule has 0 aromatic carbocycles. The summed E-state index contributed by atoms with van der Waals surface area (Å²) in [6.45, 7) is 4.61. The molecule has 9 atom stereocenters. The summed E-state index contributed by atoms with van der Waals surface area (Å²) in [7, 11) is 0. The summed E-state index contributed by atoms with van der Waals surface area (Å²) in [5.74, 6) is -1.69. The predicted octanol–water partition coefficient (Wildman–Crippen LogP) is 2.65. The standard InChI is InChI=1S/C28H36O9/c1-16(30)36-22-12-26(15-29)20-6-9-25(3)19(18-4-5-24(32)35-14-18)8-11-28(25,34)21(20)7-10-27(26,33)13-23(22)37-17(2)31/h4-5,14-15,19-23,33-34H,6-13H2,1-3H3/t19-,20+,21-,22+,23-,25-,26+,27+,28+/m1/s1. The zero-order chi connectivity index (χ0) is 26.8. The van der Waals surface area contributed by atoms with Gasteiger partial charge in [-0.15, -0.1) is 0 Å². The van der Waals surface area contributed by atoms with E-state index in [9.17, 15) is 29.4 Å². The maximum absolute atomic E-state index is 13.0. The molecule has 4 fully saturated rings. The minimum Gasteiger partial charge on any atom is -0.459 e. The van der Waals surface area contributed by atoms with Crippen molar-refractivity contribution < 1.29 is 38.5 Å². The van der Waals surface area contributed by atoms with Crippen LogP contribution in [0.2, 0.25) is 0 Å². The van der Waals surface area contributed by atoms with Crippen LogP contribution in [0.1, 0.15) is 83.6 Å². The molecule has 1 aromatic heterocycles. The van der Waals surface area contributed by atoms with E-state index in [1.54, 1.807) is 6.07 Å². The highest BCUT2D eigenvalue weighted by molar-refractivity contribution is 5.69. The molecular weight excluding hydrogens is 480 g/mol. The molecule has 37 heavy (non-hydrogen) atoms. The predicted molar refractivity (Wildman–Crippen MR) is 129 cm³/mol. The summed E-state index contributed by atoms with van der Waals surface area (Å²) in [4.78, 5) is 48.2. The van der Waals surface area contributed by atoms with Crippen molar-refractivity contribution in [2.24, 2.45) is 22.7 Å².